The minimum absolute atomic E-state index is 0.0967. The van der Waals surface area contributed by atoms with Gasteiger partial charge in [0.15, 0.2) is 0 Å². The van der Waals surface area contributed by atoms with E-state index in [0.717, 1.165) is 17.7 Å². The molecule has 1 amide bonds. The molecule has 23 heavy (non-hydrogen) atoms. The van der Waals surface area contributed by atoms with Crippen molar-refractivity contribution in [2.24, 2.45) is 0 Å². The Bertz CT molecular complexity index is 630. The molecule has 0 bridgehead atoms. The lowest BCUT2D eigenvalue weighted by Crippen LogP contribution is -2.52. The summed E-state index contributed by atoms with van der Waals surface area (Å²) < 4.78 is 33.3. The van der Waals surface area contributed by atoms with Crippen molar-refractivity contribution in [3.63, 3.8) is 0 Å². The highest BCUT2D eigenvalue weighted by Crippen LogP contribution is 2.49. The molecule has 0 aromatic carbocycles. The average molecular weight is 326 g/mol. The van der Waals surface area contributed by atoms with E-state index in [1.807, 2.05) is 0 Å². The maximum absolute atomic E-state index is 14.1. The number of aliphatic hydroxyl groups is 1. The molecular formula is C16H20F2N2O3. The number of alkyl halides is 2. The van der Waals surface area contributed by atoms with Gasteiger partial charge >= 0.3 is 0 Å². The van der Waals surface area contributed by atoms with Crippen molar-refractivity contribution in [3.05, 3.63) is 23.5 Å². The molecule has 7 heteroatoms. The fourth-order valence-corrected chi connectivity index (χ4v) is 3.82. The summed E-state index contributed by atoms with van der Waals surface area (Å²) in [5.74, 6) is -3.32. The van der Waals surface area contributed by atoms with Crippen molar-refractivity contribution in [1.29, 1.82) is 0 Å². The van der Waals surface area contributed by atoms with Crippen LogP contribution < -0.4 is 4.74 Å². The molecule has 2 heterocycles. The zero-order valence-corrected chi connectivity index (χ0v) is 13.2. The second-order valence-electron chi connectivity index (χ2n) is 6.35. The molecule has 5 nitrogen and oxygen atoms in total. The van der Waals surface area contributed by atoms with Crippen LogP contribution in [0.15, 0.2) is 12.1 Å². The van der Waals surface area contributed by atoms with E-state index in [1.165, 1.54) is 13.2 Å². The summed E-state index contributed by atoms with van der Waals surface area (Å²) in [4.78, 5) is 18.1. The van der Waals surface area contributed by atoms with Crippen molar-refractivity contribution in [2.75, 3.05) is 13.7 Å². The van der Waals surface area contributed by atoms with E-state index in [4.69, 9.17) is 4.74 Å². The Balaban J connectivity index is 1.96. The van der Waals surface area contributed by atoms with Gasteiger partial charge in [0.25, 0.3) is 11.8 Å². The molecule has 1 spiro atoms. The SMILES string of the molecule is COc1ccc(C(=O)N2CC(F)(F)C(O)C23CCCC3)nc1C. The number of hydrogen-bond donors (Lipinski definition) is 1. The summed E-state index contributed by atoms with van der Waals surface area (Å²) in [6.45, 7) is 0.925. The van der Waals surface area contributed by atoms with Gasteiger partial charge in [-0.05, 0) is 31.9 Å². The minimum Gasteiger partial charge on any atom is -0.495 e. The summed E-state index contributed by atoms with van der Waals surface area (Å²) in [7, 11) is 1.50. The number of nitrogens with zero attached hydrogens (tertiary/aromatic N) is 2. The van der Waals surface area contributed by atoms with Gasteiger partial charge in [0, 0.05) is 0 Å². The Morgan fingerprint density at radius 1 is 1.39 bits per heavy atom. The fourth-order valence-electron chi connectivity index (χ4n) is 3.82. The van der Waals surface area contributed by atoms with Gasteiger partial charge in [0.2, 0.25) is 0 Å². The number of halogens is 2. The Kier molecular flexibility index (Phi) is 3.78. The number of pyridine rings is 1. The highest BCUT2D eigenvalue weighted by molar-refractivity contribution is 5.93. The van der Waals surface area contributed by atoms with Crippen LogP contribution in [0, 0.1) is 6.92 Å². The van der Waals surface area contributed by atoms with Crippen molar-refractivity contribution in [3.8, 4) is 5.75 Å². The zero-order valence-electron chi connectivity index (χ0n) is 13.2. The van der Waals surface area contributed by atoms with Gasteiger partial charge < -0.3 is 14.7 Å². The second kappa shape index (κ2) is 5.40. The van der Waals surface area contributed by atoms with Crippen LogP contribution in [0.3, 0.4) is 0 Å². The van der Waals surface area contributed by atoms with Gasteiger partial charge in [0.1, 0.15) is 17.5 Å². The standard InChI is InChI=1S/C16H20F2N2O3/c1-10-12(23-2)6-5-11(19-10)13(21)20-9-16(17,18)14(22)15(20)7-3-4-8-15/h5-6,14,22H,3-4,7-9H2,1-2H3. The topological polar surface area (TPSA) is 62.7 Å². The first-order valence-electron chi connectivity index (χ1n) is 7.71. The molecule has 1 atom stereocenters. The zero-order chi connectivity index (χ0) is 16.8. The minimum atomic E-state index is -3.29. The monoisotopic (exact) mass is 326 g/mol. The summed E-state index contributed by atoms with van der Waals surface area (Å²) in [6, 6.07) is 3.07. The van der Waals surface area contributed by atoms with E-state index in [1.54, 1.807) is 13.0 Å². The van der Waals surface area contributed by atoms with Crippen molar-refractivity contribution < 1.29 is 23.4 Å². The lowest BCUT2D eigenvalue weighted by molar-refractivity contribution is -0.0959. The van der Waals surface area contributed by atoms with Crippen LogP contribution >= 0.6 is 0 Å². The quantitative estimate of drug-likeness (QED) is 0.905. The summed E-state index contributed by atoms with van der Waals surface area (Å²) in [6.07, 6.45) is 0.425. The number of carbonyl (C=O) groups is 1. The molecule has 1 unspecified atom stereocenters. The normalized spacial score (nSPS) is 25.1. The maximum atomic E-state index is 14.1. The molecule has 1 aromatic heterocycles. The lowest BCUT2D eigenvalue weighted by Gasteiger charge is -2.36. The maximum Gasteiger partial charge on any atom is 0.292 e. The van der Waals surface area contributed by atoms with Crippen LogP contribution in [-0.4, -0.2) is 52.1 Å². The number of aromatic nitrogens is 1. The average Bonchev–Trinajstić information content (AvgIpc) is 3.07. The molecule has 3 rings (SSSR count). The number of methoxy groups -OCH3 is 1. The first-order chi connectivity index (χ1) is 10.8. The molecule has 126 valence electrons. The first kappa shape index (κ1) is 16.1. The molecule has 1 aliphatic carbocycles. The number of aryl methyl sites for hydroxylation is 1. The summed E-state index contributed by atoms with van der Waals surface area (Å²) in [5.41, 5.74) is -0.555. The fraction of sp³-hybridized carbons (Fsp3) is 0.625. The number of likely N-dealkylation sites (tertiary alicyclic amines) is 1. The van der Waals surface area contributed by atoms with E-state index < -0.39 is 30.0 Å². The third-order valence-electron chi connectivity index (χ3n) is 5.01. The van der Waals surface area contributed by atoms with Crippen molar-refractivity contribution in [1.82, 2.24) is 9.88 Å². The Morgan fingerprint density at radius 3 is 2.61 bits per heavy atom. The number of aliphatic hydroxyl groups excluding tert-OH is 1. The number of ether oxygens (including phenoxy) is 1. The Hall–Kier alpha value is -1.76. The third kappa shape index (κ3) is 2.38. The van der Waals surface area contributed by atoms with Crippen molar-refractivity contribution in [2.45, 2.75) is 50.2 Å². The molecule has 1 N–H and O–H groups in total. The van der Waals surface area contributed by atoms with Crippen molar-refractivity contribution >= 4 is 5.91 Å². The van der Waals surface area contributed by atoms with E-state index in [2.05, 4.69) is 4.98 Å². The van der Waals surface area contributed by atoms with E-state index in [0.29, 0.717) is 24.3 Å². The molecule has 0 radical (unpaired) electrons. The highest BCUT2D eigenvalue weighted by atomic mass is 19.3. The van der Waals surface area contributed by atoms with Crippen LogP contribution in [0.5, 0.6) is 5.75 Å². The molecule has 1 saturated heterocycles. The largest absolute Gasteiger partial charge is 0.495 e. The summed E-state index contributed by atoms with van der Waals surface area (Å²) >= 11 is 0. The van der Waals surface area contributed by atoms with Gasteiger partial charge in [0.05, 0.1) is 24.9 Å². The predicted octanol–water partition coefficient (Wildman–Crippen LogP) is 2.16. The Labute approximate surface area is 133 Å². The van der Waals surface area contributed by atoms with Gasteiger partial charge in [-0.25, -0.2) is 13.8 Å². The lowest BCUT2D eigenvalue weighted by atomic mass is 9.90. The summed E-state index contributed by atoms with van der Waals surface area (Å²) in [5, 5.41) is 10.1. The second-order valence-corrected chi connectivity index (χ2v) is 6.35. The van der Waals surface area contributed by atoms with Crippen LogP contribution in [0.4, 0.5) is 8.78 Å². The third-order valence-corrected chi connectivity index (χ3v) is 5.01. The first-order valence-corrected chi connectivity index (χ1v) is 7.71. The molecule has 2 aliphatic rings. The predicted molar refractivity (Wildman–Crippen MR) is 78.7 cm³/mol. The van der Waals surface area contributed by atoms with Crippen LogP contribution in [0.25, 0.3) is 0 Å². The number of carbonyl (C=O) groups excluding carboxylic acids is 1. The molecule has 2 fully saturated rings. The molecule has 1 saturated carbocycles. The van der Waals surface area contributed by atoms with Gasteiger partial charge in [-0.2, -0.15) is 0 Å². The van der Waals surface area contributed by atoms with Gasteiger partial charge in [-0.3, -0.25) is 4.79 Å². The Morgan fingerprint density at radius 2 is 2.04 bits per heavy atom. The molecular weight excluding hydrogens is 306 g/mol. The van der Waals surface area contributed by atoms with E-state index >= 15 is 0 Å². The van der Waals surface area contributed by atoms with Gasteiger partial charge in [-0.1, -0.05) is 12.8 Å². The van der Waals surface area contributed by atoms with E-state index in [-0.39, 0.29) is 5.69 Å². The molecule has 1 aliphatic heterocycles. The van der Waals surface area contributed by atoms with Gasteiger partial charge in [-0.15, -0.1) is 0 Å². The molecule has 1 aromatic rings. The van der Waals surface area contributed by atoms with E-state index in [9.17, 15) is 18.7 Å². The number of amides is 1. The van der Waals surface area contributed by atoms with Crippen LogP contribution in [-0.2, 0) is 0 Å². The van der Waals surface area contributed by atoms with Crippen LogP contribution in [0.1, 0.15) is 41.9 Å². The number of rotatable bonds is 2. The van der Waals surface area contributed by atoms with Crippen LogP contribution in [0.2, 0.25) is 0 Å². The highest BCUT2D eigenvalue weighted by Gasteiger charge is 2.64. The number of hydrogen-bond acceptors (Lipinski definition) is 4. The smallest absolute Gasteiger partial charge is 0.292 e.